The molecule has 4 rings (SSSR count). The van der Waals surface area contributed by atoms with Gasteiger partial charge in [-0.2, -0.15) is 0 Å². The summed E-state index contributed by atoms with van der Waals surface area (Å²) in [6.07, 6.45) is 3.99. The molecule has 3 amide bonds. The number of rotatable bonds is 2. The Hall–Kier alpha value is -1.75. The second-order valence-corrected chi connectivity index (χ2v) is 7.39. The van der Waals surface area contributed by atoms with Gasteiger partial charge in [0.2, 0.25) is 0 Å². The molecule has 3 aliphatic rings. The normalized spacial score (nSPS) is 24.6. The average Bonchev–Trinajstić information content (AvgIpc) is 3.18. The number of hydrogen-bond acceptors (Lipinski definition) is 2. The van der Waals surface area contributed by atoms with Crippen molar-refractivity contribution in [3.63, 3.8) is 0 Å². The standard InChI is InChI=1S/C18H22ClN3O2/c19-14-4-1-3-13(11-14)17(23)20-9-6-15(7-10-20)22-12-16-5-2-8-21(16)18(22)24/h1,3-4,11,15-16H,2,5-10,12H2. The third-order valence-corrected chi connectivity index (χ3v) is 5.78. The molecule has 0 saturated carbocycles. The molecular weight excluding hydrogens is 326 g/mol. The Kier molecular flexibility index (Phi) is 4.12. The first kappa shape index (κ1) is 15.8. The van der Waals surface area contributed by atoms with Gasteiger partial charge in [-0.3, -0.25) is 4.79 Å². The zero-order valence-electron chi connectivity index (χ0n) is 13.7. The molecule has 128 valence electrons. The van der Waals surface area contributed by atoms with Crippen LogP contribution in [-0.2, 0) is 0 Å². The highest BCUT2D eigenvalue weighted by Crippen LogP contribution is 2.30. The number of benzene rings is 1. The molecule has 5 nitrogen and oxygen atoms in total. The van der Waals surface area contributed by atoms with Gasteiger partial charge in [0.1, 0.15) is 0 Å². The first-order valence-corrected chi connectivity index (χ1v) is 9.13. The van der Waals surface area contributed by atoms with Crippen molar-refractivity contribution in [1.29, 1.82) is 0 Å². The maximum absolute atomic E-state index is 12.6. The summed E-state index contributed by atoms with van der Waals surface area (Å²) in [6, 6.07) is 7.99. The summed E-state index contributed by atoms with van der Waals surface area (Å²) in [6.45, 7) is 3.17. The third kappa shape index (κ3) is 2.75. The molecule has 0 aliphatic carbocycles. The number of urea groups is 1. The number of piperidine rings is 1. The highest BCUT2D eigenvalue weighted by molar-refractivity contribution is 6.30. The van der Waals surface area contributed by atoms with Crippen LogP contribution in [0, 0.1) is 0 Å². The molecule has 1 aromatic rings. The molecule has 3 saturated heterocycles. The summed E-state index contributed by atoms with van der Waals surface area (Å²) in [5.74, 6) is 0.0318. The van der Waals surface area contributed by atoms with Crippen molar-refractivity contribution in [2.75, 3.05) is 26.2 Å². The number of hydrogen-bond donors (Lipinski definition) is 0. The lowest BCUT2D eigenvalue weighted by Gasteiger charge is -2.36. The van der Waals surface area contributed by atoms with E-state index in [1.165, 1.54) is 0 Å². The quantitative estimate of drug-likeness (QED) is 0.825. The van der Waals surface area contributed by atoms with Crippen LogP contribution in [0.1, 0.15) is 36.0 Å². The van der Waals surface area contributed by atoms with Crippen LogP contribution in [-0.4, -0.2) is 64.9 Å². The number of carbonyl (C=O) groups excluding carboxylic acids is 2. The second-order valence-electron chi connectivity index (χ2n) is 6.96. The molecule has 6 heteroatoms. The molecule has 1 atom stereocenters. The van der Waals surface area contributed by atoms with E-state index in [-0.39, 0.29) is 18.0 Å². The Morgan fingerprint density at radius 2 is 1.83 bits per heavy atom. The van der Waals surface area contributed by atoms with Crippen LogP contribution in [0.2, 0.25) is 5.02 Å². The maximum atomic E-state index is 12.6. The zero-order valence-corrected chi connectivity index (χ0v) is 14.4. The first-order chi connectivity index (χ1) is 11.6. The van der Waals surface area contributed by atoms with E-state index in [1.807, 2.05) is 14.7 Å². The molecule has 0 radical (unpaired) electrons. The second kappa shape index (κ2) is 6.28. The van der Waals surface area contributed by atoms with Gasteiger partial charge in [0, 0.05) is 42.8 Å². The van der Waals surface area contributed by atoms with Crippen molar-refractivity contribution < 1.29 is 9.59 Å². The molecule has 24 heavy (non-hydrogen) atoms. The lowest BCUT2D eigenvalue weighted by Crippen LogP contribution is -2.48. The number of amides is 3. The van der Waals surface area contributed by atoms with Gasteiger partial charge in [-0.1, -0.05) is 17.7 Å². The molecule has 0 spiro atoms. The van der Waals surface area contributed by atoms with E-state index in [0.29, 0.717) is 29.7 Å². The van der Waals surface area contributed by atoms with Gasteiger partial charge in [-0.25, -0.2) is 4.79 Å². The largest absolute Gasteiger partial charge is 0.338 e. The fourth-order valence-electron chi connectivity index (χ4n) is 4.24. The molecule has 3 heterocycles. The van der Waals surface area contributed by atoms with E-state index in [1.54, 1.807) is 24.3 Å². The first-order valence-electron chi connectivity index (χ1n) is 8.75. The van der Waals surface area contributed by atoms with Gasteiger partial charge in [-0.15, -0.1) is 0 Å². The summed E-state index contributed by atoms with van der Waals surface area (Å²) in [4.78, 5) is 31.1. The van der Waals surface area contributed by atoms with Crippen LogP contribution in [0.5, 0.6) is 0 Å². The van der Waals surface area contributed by atoms with Gasteiger partial charge in [-0.05, 0) is 43.9 Å². The predicted molar refractivity (Wildman–Crippen MR) is 92.2 cm³/mol. The zero-order chi connectivity index (χ0) is 16.7. The number of likely N-dealkylation sites (tertiary alicyclic amines) is 1. The molecule has 0 bridgehead atoms. The Bertz CT molecular complexity index is 657. The predicted octanol–water partition coefficient (Wildman–Crippen LogP) is 2.84. The molecule has 3 fully saturated rings. The van der Waals surface area contributed by atoms with E-state index in [9.17, 15) is 9.59 Å². The summed E-state index contributed by atoms with van der Waals surface area (Å²) in [5, 5.41) is 0.582. The molecule has 0 aromatic heterocycles. The molecule has 0 N–H and O–H groups in total. The summed E-state index contributed by atoms with van der Waals surface area (Å²) in [7, 11) is 0. The van der Waals surface area contributed by atoms with Gasteiger partial charge >= 0.3 is 6.03 Å². The Labute approximate surface area is 147 Å². The lowest BCUT2D eigenvalue weighted by atomic mass is 10.0. The Balaban J connectivity index is 1.37. The van der Waals surface area contributed by atoms with Crippen LogP contribution in [0.3, 0.4) is 0 Å². The topological polar surface area (TPSA) is 43.9 Å². The van der Waals surface area contributed by atoms with Crippen LogP contribution in [0.15, 0.2) is 24.3 Å². The minimum atomic E-state index is 0.0318. The number of halogens is 1. The number of nitrogens with zero attached hydrogens (tertiary/aromatic N) is 3. The molecule has 1 aromatic carbocycles. The van der Waals surface area contributed by atoms with Crippen molar-refractivity contribution in [1.82, 2.24) is 14.7 Å². The maximum Gasteiger partial charge on any atom is 0.320 e. The van der Waals surface area contributed by atoms with Crippen molar-refractivity contribution in [2.45, 2.75) is 37.8 Å². The van der Waals surface area contributed by atoms with Crippen molar-refractivity contribution >= 4 is 23.5 Å². The van der Waals surface area contributed by atoms with Crippen LogP contribution in [0.25, 0.3) is 0 Å². The van der Waals surface area contributed by atoms with Crippen molar-refractivity contribution in [3.8, 4) is 0 Å². The van der Waals surface area contributed by atoms with Gasteiger partial charge in [0.05, 0.1) is 6.04 Å². The monoisotopic (exact) mass is 347 g/mol. The minimum Gasteiger partial charge on any atom is -0.338 e. The molecule has 1 unspecified atom stereocenters. The fraction of sp³-hybridized carbons (Fsp3) is 0.556. The van der Waals surface area contributed by atoms with Gasteiger partial charge in [0.15, 0.2) is 0 Å². The van der Waals surface area contributed by atoms with E-state index in [4.69, 9.17) is 11.6 Å². The summed E-state index contributed by atoms with van der Waals surface area (Å²) < 4.78 is 0. The van der Waals surface area contributed by atoms with Crippen LogP contribution < -0.4 is 0 Å². The number of fused-ring (bicyclic) bond motifs is 1. The molecular formula is C18H22ClN3O2. The highest BCUT2D eigenvalue weighted by Gasteiger charge is 2.43. The smallest absolute Gasteiger partial charge is 0.320 e. The van der Waals surface area contributed by atoms with E-state index in [0.717, 1.165) is 38.8 Å². The SMILES string of the molecule is O=C(c1cccc(Cl)c1)N1CCC(N2CC3CCCN3C2=O)CC1. The minimum absolute atomic E-state index is 0.0318. The molecule has 3 aliphatic heterocycles. The van der Waals surface area contributed by atoms with E-state index >= 15 is 0 Å². The lowest BCUT2D eigenvalue weighted by molar-refractivity contribution is 0.0662. The fourth-order valence-corrected chi connectivity index (χ4v) is 4.43. The third-order valence-electron chi connectivity index (χ3n) is 5.54. The van der Waals surface area contributed by atoms with Crippen molar-refractivity contribution in [2.24, 2.45) is 0 Å². The van der Waals surface area contributed by atoms with E-state index in [2.05, 4.69) is 0 Å². The van der Waals surface area contributed by atoms with Gasteiger partial charge < -0.3 is 14.7 Å². The van der Waals surface area contributed by atoms with Crippen LogP contribution >= 0.6 is 11.6 Å². The summed E-state index contributed by atoms with van der Waals surface area (Å²) in [5.41, 5.74) is 0.638. The Morgan fingerprint density at radius 1 is 1.04 bits per heavy atom. The van der Waals surface area contributed by atoms with Crippen LogP contribution in [0.4, 0.5) is 4.79 Å². The van der Waals surface area contributed by atoms with Crippen molar-refractivity contribution in [3.05, 3.63) is 34.9 Å². The van der Waals surface area contributed by atoms with Gasteiger partial charge in [0.25, 0.3) is 5.91 Å². The average molecular weight is 348 g/mol. The number of carbonyl (C=O) groups is 2. The highest BCUT2D eigenvalue weighted by atomic mass is 35.5. The Morgan fingerprint density at radius 3 is 2.54 bits per heavy atom. The summed E-state index contributed by atoms with van der Waals surface area (Å²) >= 11 is 5.98. The van der Waals surface area contributed by atoms with E-state index < -0.39 is 0 Å².